The van der Waals surface area contributed by atoms with E-state index in [4.69, 9.17) is 11.6 Å². The van der Waals surface area contributed by atoms with Crippen LogP contribution in [0, 0.1) is 0 Å². The average Bonchev–Trinajstić information content (AvgIpc) is 2.82. The molecule has 17 heavy (non-hydrogen) atoms. The summed E-state index contributed by atoms with van der Waals surface area (Å²) < 4.78 is 6.09. The molecule has 0 radical (unpaired) electrons. The van der Waals surface area contributed by atoms with Crippen molar-refractivity contribution < 1.29 is 9.53 Å². The van der Waals surface area contributed by atoms with Crippen molar-refractivity contribution in [3.63, 3.8) is 0 Å². The number of ether oxygens (including phenoxy) is 1. The monoisotopic (exact) mass is 252 g/mol. The fraction of sp³-hybridized carbons (Fsp3) is 0.200. The highest BCUT2D eigenvalue weighted by atomic mass is 35.5. The molecule has 88 valence electrons. The molecule has 1 aromatic carbocycles. The molecule has 0 aliphatic heterocycles. The molecule has 2 rings (SSSR count). The molecule has 0 fully saturated rings. The van der Waals surface area contributed by atoms with Crippen LogP contribution in [-0.2, 0) is 16.0 Å². The quantitative estimate of drug-likeness (QED) is 0.763. The Bertz CT molecular complexity index is 527. The lowest BCUT2D eigenvalue weighted by Gasteiger charge is -2.07. The Labute approximate surface area is 102 Å². The maximum Gasteiger partial charge on any atom is 0.310 e. The first-order chi connectivity index (χ1) is 8.20. The van der Waals surface area contributed by atoms with Crippen LogP contribution in [0.3, 0.4) is 0 Å². The number of esters is 1. The van der Waals surface area contributed by atoms with Gasteiger partial charge in [0.05, 0.1) is 19.2 Å². The molecule has 0 aliphatic carbocycles. The maximum absolute atomic E-state index is 11.3. The predicted octanol–water partition coefficient (Wildman–Crippen LogP) is 1.03. The van der Waals surface area contributed by atoms with Crippen LogP contribution in [0.4, 0.5) is 0 Å². The summed E-state index contributed by atoms with van der Waals surface area (Å²) in [6.45, 7) is 0. The number of carbonyl (C=O) groups is 1. The van der Waals surface area contributed by atoms with Crippen molar-refractivity contribution in [2.75, 3.05) is 7.11 Å². The first kappa shape index (κ1) is 11.5. The summed E-state index contributed by atoms with van der Waals surface area (Å²) in [7, 11) is 1.34. The molecule has 0 amide bonds. The van der Waals surface area contributed by atoms with Gasteiger partial charge in [-0.2, -0.15) is 0 Å². The van der Waals surface area contributed by atoms with E-state index in [0.29, 0.717) is 16.3 Å². The molecule has 0 atom stereocenters. The number of methoxy groups -OCH3 is 1. The lowest BCUT2D eigenvalue weighted by molar-refractivity contribution is -0.139. The second kappa shape index (κ2) is 4.92. The first-order valence-corrected chi connectivity index (χ1v) is 5.17. The van der Waals surface area contributed by atoms with Gasteiger partial charge in [0.2, 0.25) is 0 Å². The Morgan fingerprint density at radius 2 is 2.35 bits per heavy atom. The van der Waals surface area contributed by atoms with Crippen molar-refractivity contribution in [2.45, 2.75) is 6.42 Å². The number of rotatable bonds is 3. The zero-order valence-electron chi connectivity index (χ0n) is 9.00. The standard InChI is InChI=1S/C10H9ClN4O2/c1-17-10(16)5-7-4-8(11)2-3-9(7)15-6-12-13-14-15/h2-4,6H,5H2,1H3. The van der Waals surface area contributed by atoms with E-state index in [-0.39, 0.29) is 12.4 Å². The molecular weight excluding hydrogens is 244 g/mol. The molecule has 1 aromatic heterocycles. The van der Waals surface area contributed by atoms with Crippen LogP contribution in [0.15, 0.2) is 24.5 Å². The molecule has 1 heterocycles. The van der Waals surface area contributed by atoms with E-state index in [1.807, 2.05) is 0 Å². The summed E-state index contributed by atoms with van der Waals surface area (Å²) in [5.41, 5.74) is 1.40. The number of hydrogen-bond acceptors (Lipinski definition) is 5. The van der Waals surface area contributed by atoms with Gasteiger partial charge in [-0.3, -0.25) is 4.79 Å². The van der Waals surface area contributed by atoms with Gasteiger partial charge in [-0.15, -0.1) is 5.10 Å². The number of tetrazole rings is 1. The Morgan fingerprint density at radius 3 is 3.00 bits per heavy atom. The lowest BCUT2D eigenvalue weighted by Crippen LogP contribution is -2.08. The molecule has 0 spiro atoms. The minimum absolute atomic E-state index is 0.117. The molecule has 7 heteroatoms. The molecule has 2 aromatic rings. The van der Waals surface area contributed by atoms with Crippen molar-refractivity contribution in [2.24, 2.45) is 0 Å². The predicted molar refractivity (Wildman–Crippen MR) is 59.9 cm³/mol. The highest BCUT2D eigenvalue weighted by Gasteiger charge is 2.11. The second-order valence-corrected chi connectivity index (χ2v) is 3.72. The highest BCUT2D eigenvalue weighted by Crippen LogP contribution is 2.19. The molecular formula is C10H9ClN4O2. The number of halogens is 1. The molecule has 0 bridgehead atoms. The third kappa shape index (κ3) is 2.59. The van der Waals surface area contributed by atoms with Crippen LogP contribution >= 0.6 is 11.6 Å². The van der Waals surface area contributed by atoms with Gasteiger partial charge in [-0.25, -0.2) is 4.68 Å². The van der Waals surface area contributed by atoms with Crippen molar-refractivity contribution in [1.29, 1.82) is 0 Å². The Kier molecular flexibility index (Phi) is 3.34. The third-order valence-corrected chi connectivity index (χ3v) is 2.43. The Balaban J connectivity index is 2.41. The van der Waals surface area contributed by atoms with Gasteiger partial charge in [0.15, 0.2) is 0 Å². The van der Waals surface area contributed by atoms with Crippen LogP contribution in [0.2, 0.25) is 5.02 Å². The van der Waals surface area contributed by atoms with Crippen LogP contribution in [-0.4, -0.2) is 33.3 Å². The topological polar surface area (TPSA) is 69.9 Å². The second-order valence-electron chi connectivity index (χ2n) is 3.28. The van der Waals surface area contributed by atoms with E-state index >= 15 is 0 Å². The average molecular weight is 253 g/mol. The fourth-order valence-corrected chi connectivity index (χ4v) is 1.61. The number of hydrogen-bond donors (Lipinski definition) is 0. The molecule has 0 saturated heterocycles. The minimum atomic E-state index is -0.346. The molecule has 6 nitrogen and oxygen atoms in total. The van der Waals surface area contributed by atoms with Gasteiger partial charge in [0.25, 0.3) is 0 Å². The van der Waals surface area contributed by atoms with Crippen molar-refractivity contribution in [1.82, 2.24) is 20.2 Å². The molecule has 0 unspecified atom stereocenters. The maximum atomic E-state index is 11.3. The Morgan fingerprint density at radius 1 is 1.53 bits per heavy atom. The van der Waals surface area contributed by atoms with Crippen LogP contribution in [0.25, 0.3) is 5.69 Å². The third-order valence-electron chi connectivity index (χ3n) is 2.20. The fourth-order valence-electron chi connectivity index (χ4n) is 1.42. The van der Waals surface area contributed by atoms with E-state index in [1.54, 1.807) is 18.2 Å². The first-order valence-electron chi connectivity index (χ1n) is 4.79. The van der Waals surface area contributed by atoms with Gasteiger partial charge < -0.3 is 4.74 Å². The number of nitrogens with zero attached hydrogens (tertiary/aromatic N) is 4. The van der Waals surface area contributed by atoms with E-state index in [9.17, 15) is 4.79 Å². The number of aromatic nitrogens is 4. The van der Waals surface area contributed by atoms with E-state index in [1.165, 1.54) is 18.1 Å². The summed E-state index contributed by atoms with van der Waals surface area (Å²) in [6, 6.07) is 5.14. The van der Waals surface area contributed by atoms with Crippen LogP contribution < -0.4 is 0 Å². The summed E-state index contributed by atoms with van der Waals surface area (Å²) in [4.78, 5) is 11.3. The van der Waals surface area contributed by atoms with Gasteiger partial charge in [-0.05, 0) is 34.2 Å². The summed E-state index contributed by atoms with van der Waals surface area (Å²) >= 11 is 5.89. The van der Waals surface area contributed by atoms with Gasteiger partial charge in [-0.1, -0.05) is 11.6 Å². The molecule has 0 aliphatic rings. The molecule has 0 saturated carbocycles. The van der Waals surface area contributed by atoms with Gasteiger partial charge in [0, 0.05) is 5.02 Å². The SMILES string of the molecule is COC(=O)Cc1cc(Cl)ccc1-n1cnnn1. The smallest absolute Gasteiger partial charge is 0.310 e. The normalized spacial score (nSPS) is 10.2. The van der Waals surface area contributed by atoms with Crippen LogP contribution in [0.5, 0.6) is 0 Å². The molecule has 0 N–H and O–H groups in total. The lowest BCUT2D eigenvalue weighted by atomic mass is 10.1. The summed E-state index contributed by atoms with van der Waals surface area (Å²) in [5, 5.41) is 11.4. The zero-order chi connectivity index (χ0) is 12.3. The number of carbonyl (C=O) groups excluding carboxylic acids is 1. The Hall–Kier alpha value is -1.95. The zero-order valence-corrected chi connectivity index (χ0v) is 9.76. The van der Waals surface area contributed by atoms with Gasteiger partial charge >= 0.3 is 5.97 Å². The number of benzene rings is 1. The van der Waals surface area contributed by atoms with E-state index in [2.05, 4.69) is 20.3 Å². The largest absolute Gasteiger partial charge is 0.469 e. The summed E-state index contributed by atoms with van der Waals surface area (Å²) in [5.74, 6) is -0.346. The van der Waals surface area contributed by atoms with E-state index < -0.39 is 0 Å². The van der Waals surface area contributed by atoms with Crippen molar-refractivity contribution >= 4 is 17.6 Å². The van der Waals surface area contributed by atoms with Crippen LogP contribution in [0.1, 0.15) is 5.56 Å². The highest BCUT2D eigenvalue weighted by molar-refractivity contribution is 6.30. The van der Waals surface area contributed by atoms with Gasteiger partial charge in [0.1, 0.15) is 6.33 Å². The van der Waals surface area contributed by atoms with Crippen molar-refractivity contribution in [3.8, 4) is 5.69 Å². The summed E-state index contributed by atoms with van der Waals surface area (Å²) in [6.07, 6.45) is 1.57. The minimum Gasteiger partial charge on any atom is -0.469 e. The van der Waals surface area contributed by atoms with E-state index in [0.717, 1.165) is 0 Å². The van der Waals surface area contributed by atoms with Crippen molar-refractivity contribution in [3.05, 3.63) is 35.1 Å².